The summed E-state index contributed by atoms with van der Waals surface area (Å²) in [6.45, 7) is 0.153. The first-order valence-corrected chi connectivity index (χ1v) is 7.03. The number of ether oxygens (including phenoxy) is 2. The summed E-state index contributed by atoms with van der Waals surface area (Å²) in [5.41, 5.74) is 1.31. The second kappa shape index (κ2) is 7.65. The van der Waals surface area contributed by atoms with Crippen molar-refractivity contribution in [1.82, 2.24) is 0 Å². The van der Waals surface area contributed by atoms with Gasteiger partial charge in [0.25, 0.3) is 0 Å². The number of methoxy groups -OCH3 is 1. The van der Waals surface area contributed by atoms with Gasteiger partial charge in [0.2, 0.25) is 0 Å². The molecule has 0 aliphatic heterocycles. The third-order valence-electron chi connectivity index (χ3n) is 3.00. The van der Waals surface area contributed by atoms with Gasteiger partial charge in [0.15, 0.2) is 11.5 Å². The van der Waals surface area contributed by atoms with Gasteiger partial charge in [-0.25, -0.2) is 9.18 Å². The van der Waals surface area contributed by atoms with Crippen LogP contribution in [-0.2, 0) is 11.4 Å². The van der Waals surface area contributed by atoms with Gasteiger partial charge in [0, 0.05) is 11.6 Å². The fraction of sp³-hybridized carbons (Fsp3) is 0.118. The van der Waals surface area contributed by atoms with Crippen LogP contribution in [0, 0.1) is 5.82 Å². The Kier molecular flexibility index (Phi) is 5.60. The number of carboxylic acid groups (broad SMARTS) is 1. The van der Waals surface area contributed by atoms with Crippen molar-refractivity contribution in [2.75, 3.05) is 7.11 Å². The fourth-order valence-electron chi connectivity index (χ4n) is 1.87. The van der Waals surface area contributed by atoms with Crippen molar-refractivity contribution in [1.29, 1.82) is 0 Å². The monoisotopic (exact) mass is 336 g/mol. The average Bonchev–Trinajstić information content (AvgIpc) is 2.52. The van der Waals surface area contributed by atoms with Gasteiger partial charge >= 0.3 is 5.97 Å². The molecule has 0 bridgehead atoms. The van der Waals surface area contributed by atoms with Crippen molar-refractivity contribution < 1.29 is 23.8 Å². The molecule has 0 unspecified atom stereocenters. The molecule has 4 nitrogen and oxygen atoms in total. The van der Waals surface area contributed by atoms with Crippen LogP contribution in [0.3, 0.4) is 0 Å². The lowest BCUT2D eigenvalue weighted by atomic mass is 10.2. The molecule has 2 aromatic carbocycles. The van der Waals surface area contributed by atoms with Gasteiger partial charge in [-0.15, -0.1) is 0 Å². The largest absolute Gasteiger partial charge is 0.493 e. The number of benzene rings is 2. The molecule has 0 saturated heterocycles. The van der Waals surface area contributed by atoms with Crippen LogP contribution in [-0.4, -0.2) is 18.2 Å². The van der Waals surface area contributed by atoms with E-state index < -0.39 is 11.8 Å². The number of carbonyl (C=O) groups is 1. The van der Waals surface area contributed by atoms with Crippen LogP contribution >= 0.6 is 11.6 Å². The molecule has 1 N–H and O–H groups in total. The van der Waals surface area contributed by atoms with Crippen LogP contribution in [0.1, 0.15) is 11.1 Å². The van der Waals surface area contributed by atoms with E-state index in [0.717, 1.165) is 6.08 Å². The van der Waals surface area contributed by atoms with Crippen LogP contribution < -0.4 is 9.47 Å². The molecule has 23 heavy (non-hydrogen) atoms. The molecule has 0 spiro atoms. The zero-order chi connectivity index (χ0) is 16.8. The molecular formula is C17H14ClFO4. The highest BCUT2D eigenvalue weighted by molar-refractivity contribution is 6.31. The van der Waals surface area contributed by atoms with E-state index >= 15 is 0 Å². The van der Waals surface area contributed by atoms with Crippen molar-refractivity contribution >= 4 is 23.6 Å². The van der Waals surface area contributed by atoms with E-state index in [1.807, 2.05) is 0 Å². The topological polar surface area (TPSA) is 55.8 Å². The minimum absolute atomic E-state index is 0.153. The first kappa shape index (κ1) is 16.8. The van der Waals surface area contributed by atoms with Crippen molar-refractivity contribution in [3.63, 3.8) is 0 Å². The van der Waals surface area contributed by atoms with E-state index in [-0.39, 0.29) is 11.6 Å². The summed E-state index contributed by atoms with van der Waals surface area (Å²) in [7, 11) is 1.48. The highest BCUT2D eigenvalue weighted by atomic mass is 35.5. The molecule has 0 aliphatic carbocycles. The molecule has 0 radical (unpaired) electrons. The Hall–Kier alpha value is -2.53. The van der Waals surface area contributed by atoms with Gasteiger partial charge in [-0.05, 0) is 35.9 Å². The highest BCUT2D eigenvalue weighted by Crippen LogP contribution is 2.30. The Labute approximate surface area is 137 Å². The van der Waals surface area contributed by atoms with Gasteiger partial charge in [0.05, 0.1) is 12.1 Å². The van der Waals surface area contributed by atoms with Crippen molar-refractivity contribution in [3.8, 4) is 11.5 Å². The number of hydrogen-bond acceptors (Lipinski definition) is 3. The van der Waals surface area contributed by atoms with Crippen molar-refractivity contribution in [2.24, 2.45) is 0 Å². The Morgan fingerprint density at radius 3 is 2.70 bits per heavy atom. The lowest BCUT2D eigenvalue weighted by Crippen LogP contribution is -1.99. The third kappa shape index (κ3) is 4.72. The summed E-state index contributed by atoms with van der Waals surface area (Å²) in [4.78, 5) is 10.5. The number of halogens is 2. The first-order valence-electron chi connectivity index (χ1n) is 6.65. The van der Waals surface area contributed by atoms with E-state index in [0.29, 0.717) is 22.6 Å². The molecule has 2 aromatic rings. The van der Waals surface area contributed by atoms with Crippen LogP contribution in [0.25, 0.3) is 6.08 Å². The molecule has 2 rings (SSSR count). The molecule has 120 valence electrons. The maximum Gasteiger partial charge on any atom is 0.328 e. The molecule has 0 heterocycles. The average molecular weight is 337 g/mol. The number of aliphatic carboxylic acids is 1. The lowest BCUT2D eigenvalue weighted by Gasteiger charge is -2.12. The van der Waals surface area contributed by atoms with Gasteiger partial charge in [-0.1, -0.05) is 23.7 Å². The summed E-state index contributed by atoms with van der Waals surface area (Å²) in [6, 6.07) is 9.09. The SMILES string of the molecule is COc1cc(C=CC(=O)O)ccc1OCc1ccc(F)cc1Cl. The Bertz CT molecular complexity index is 743. The molecule has 6 heteroatoms. The quantitative estimate of drug-likeness (QED) is 0.805. The number of rotatable bonds is 6. The molecular weight excluding hydrogens is 323 g/mol. The van der Waals surface area contributed by atoms with Gasteiger partial charge < -0.3 is 14.6 Å². The van der Waals surface area contributed by atoms with E-state index in [1.165, 1.54) is 25.3 Å². The van der Waals surface area contributed by atoms with Gasteiger partial charge in [-0.3, -0.25) is 0 Å². The second-order valence-corrected chi connectivity index (χ2v) is 5.01. The van der Waals surface area contributed by atoms with E-state index in [1.54, 1.807) is 24.3 Å². The molecule has 0 aliphatic rings. The van der Waals surface area contributed by atoms with Crippen LogP contribution in [0.15, 0.2) is 42.5 Å². The Morgan fingerprint density at radius 1 is 1.26 bits per heavy atom. The lowest BCUT2D eigenvalue weighted by molar-refractivity contribution is -0.131. The highest BCUT2D eigenvalue weighted by Gasteiger charge is 2.08. The predicted octanol–water partition coefficient (Wildman–Crippen LogP) is 4.16. The molecule has 0 amide bonds. The Balaban J connectivity index is 2.14. The van der Waals surface area contributed by atoms with Crippen LogP contribution in [0.2, 0.25) is 5.02 Å². The number of hydrogen-bond donors (Lipinski definition) is 1. The minimum Gasteiger partial charge on any atom is -0.493 e. The summed E-state index contributed by atoms with van der Waals surface area (Å²) >= 11 is 5.95. The zero-order valence-electron chi connectivity index (χ0n) is 12.3. The summed E-state index contributed by atoms with van der Waals surface area (Å²) in [5.74, 6) is -0.516. The van der Waals surface area contributed by atoms with Crippen molar-refractivity contribution in [3.05, 3.63) is 64.4 Å². The fourth-order valence-corrected chi connectivity index (χ4v) is 2.09. The summed E-state index contributed by atoms with van der Waals surface area (Å²) < 4.78 is 23.9. The molecule has 0 aromatic heterocycles. The molecule has 0 fully saturated rings. The van der Waals surface area contributed by atoms with Gasteiger partial charge in [-0.2, -0.15) is 0 Å². The van der Waals surface area contributed by atoms with E-state index in [4.69, 9.17) is 26.2 Å². The van der Waals surface area contributed by atoms with Crippen LogP contribution in [0.4, 0.5) is 4.39 Å². The summed E-state index contributed by atoms with van der Waals surface area (Å²) in [6.07, 6.45) is 2.49. The number of carboxylic acids is 1. The first-order chi connectivity index (χ1) is 11.0. The van der Waals surface area contributed by atoms with Crippen molar-refractivity contribution in [2.45, 2.75) is 6.61 Å². The smallest absolute Gasteiger partial charge is 0.328 e. The zero-order valence-corrected chi connectivity index (χ0v) is 13.0. The maximum atomic E-state index is 13.0. The summed E-state index contributed by atoms with van der Waals surface area (Å²) in [5, 5.41) is 8.91. The normalized spacial score (nSPS) is 10.7. The van der Waals surface area contributed by atoms with E-state index in [2.05, 4.69) is 0 Å². The third-order valence-corrected chi connectivity index (χ3v) is 3.36. The Morgan fingerprint density at radius 2 is 2.04 bits per heavy atom. The molecule has 0 saturated carbocycles. The maximum absolute atomic E-state index is 13.0. The second-order valence-electron chi connectivity index (χ2n) is 4.61. The van der Waals surface area contributed by atoms with Crippen LogP contribution in [0.5, 0.6) is 11.5 Å². The standard InChI is InChI=1S/C17H14ClFO4/c1-22-16-8-11(3-7-17(20)21)2-6-15(16)23-10-12-4-5-13(19)9-14(12)18/h2-9H,10H2,1H3,(H,20,21). The minimum atomic E-state index is -1.03. The predicted molar refractivity (Wildman–Crippen MR) is 85.4 cm³/mol. The van der Waals surface area contributed by atoms with Gasteiger partial charge in [0.1, 0.15) is 12.4 Å². The van der Waals surface area contributed by atoms with E-state index in [9.17, 15) is 9.18 Å². The molecule has 0 atom stereocenters.